The van der Waals surface area contributed by atoms with Gasteiger partial charge in [-0.25, -0.2) is 18.1 Å². The quantitative estimate of drug-likeness (QED) is 0.859. The first-order valence-electron chi connectivity index (χ1n) is 5.27. The maximum Gasteiger partial charge on any atom is 0.243 e. The zero-order valence-electron chi connectivity index (χ0n) is 9.10. The van der Waals surface area contributed by atoms with Crippen LogP contribution >= 0.6 is 23.4 Å². The molecule has 1 fully saturated rings. The maximum atomic E-state index is 12.0. The molecule has 1 aromatic rings. The van der Waals surface area contributed by atoms with Gasteiger partial charge >= 0.3 is 0 Å². The highest BCUT2D eigenvalue weighted by Gasteiger charge is 2.21. The Kier molecular flexibility index (Phi) is 4.30. The highest BCUT2D eigenvalue weighted by molar-refractivity contribution is 7.99. The molecule has 17 heavy (non-hydrogen) atoms. The molecule has 1 N–H and O–H groups in total. The smallest absolute Gasteiger partial charge is 0.243 e. The fourth-order valence-corrected chi connectivity index (χ4v) is 4.47. The van der Waals surface area contributed by atoms with Gasteiger partial charge in [0.1, 0.15) is 10.0 Å². The summed E-state index contributed by atoms with van der Waals surface area (Å²) in [5.74, 6) is 2.55. The van der Waals surface area contributed by atoms with Crippen LogP contribution in [0, 0.1) is 5.92 Å². The molecule has 0 amide bonds. The molecule has 1 aromatic heterocycles. The Hall–Kier alpha value is -0.300. The van der Waals surface area contributed by atoms with Crippen molar-refractivity contribution >= 4 is 33.4 Å². The second-order valence-electron chi connectivity index (χ2n) is 3.87. The molecule has 2 rings (SSSR count). The van der Waals surface area contributed by atoms with Crippen LogP contribution in [-0.4, -0.2) is 31.5 Å². The lowest BCUT2D eigenvalue weighted by molar-refractivity contribution is 0.545. The fraction of sp³-hybridized carbons (Fsp3) is 0.500. The van der Waals surface area contributed by atoms with Crippen molar-refractivity contribution < 1.29 is 8.42 Å². The molecule has 0 saturated carbocycles. The molecule has 94 valence electrons. The van der Waals surface area contributed by atoms with Crippen molar-refractivity contribution in [3.8, 4) is 0 Å². The molecule has 1 unspecified atom stereocenters. The Bertz CT molecular complexity index is 487. The summed E-state index contributed by atoms with van der Waals surface area (Å²) < 4.78 is 26.5. The zero-order chi connectivity index (χ0) is 12.3. The van der Waals surface area contributed by atoms with E-state index in [4.69, 9.17) is 11.6 Å². The van der Waals surface area contributed by atoms with Crippen LogP contribution in [-0.2, 0) is 10.0 Å². The van der Waals surface area contributed by atoms with Gasteiger partial charge < -0.3 is 0 Å². The molecule has 0 bridgehead atoms. The normalized spacial score (nSPS) is 20.6. The number of rotatable bonds is 4. The van der Waals surface area contributed by atoms with Crippen LogP contribution < -0.4 is 4.72 Å². The lowest BCUT2D eigenvalue weighted by atomic mass is 10.1. The minimum atomic E-state index is -3.53. The summed E-state index contributed by atoms with van der Waals surface area (Å²) in [5, 5.41) is 0.0146. The van der Waals surface area contributed by atoms with E-state index in [0.717, 1.165) is 17.9 Å². The molecule has 0 aliphatic carbocycles. The average molecular weight is 293 g/mol. The van der Waals surface area contributed by atoms with Crippen LogP contribution in [0.2, 0.25) is 5.15 Å². The second kappa shape index (κ2) is 5.56. The number of hydrogen-bond acceptors (Lipinski definition) is 4. The zero-order valence-corrected chi connectivity index (χ0v) is 11.5. The van der Waals surface area contributed by atoms with Gasteiger partial charge in [0.05, 0.1) is 0 Å². The summed E-state index contributed by atoms with van der Waals surface area (Å²) >= 11 is 7.63. The van der Waals surface area contributed by atoms with E-state index in [0.29, 0.717) is 12.5 Å². The third-order valence-corrected chi connectivity index (χ3v) is 5.70. The first-order valence-corrected chi connectivity index (χ1v) is 8.29. The summed E-state index contributed by atoms with van der Waals surface area (Å²) in [6.07, 6.45) is 2.53. The highest BCUT2D eigenvalue weighted by atomic mass is 35.5. The second-order valence-corrected chi connectivity index (χ2v) is 7.12. The van der Waals surface area contributed by atoms with Gasteiger partial charge in [-0.05, 0) is 36.0 Å². The van der Waals surface area contributed by atoms with Crippen molar-refractivity contribution in [1.82, 2.24) is 9.71 Å². The molecule has 2 heterocycles. The van der Waals surface area contributed by atoms with E-state index in [1.165, 1.54) is 12.3 Å². The summed E-state index contributed by atoms with van der Waals surface area (Å²) in [6, 6.07) is 3.02. The number of nitrogens with one attached hydrogen (secondary N) is 1. The third kappa shape index (κ3) is 3.34. The number of sulfonamides is 1. The minimum absolute atomic E-state index is 0.0146. The standard InChI is InChI=1S/C10H13ClN2O2S2/c11-10-9(2-1-4-12-10)17(14,15)13-6-8-3-5-16-7-8/h1-2,4,8,13H,3,5-7H2. The number of thioether (sulfide) groups is 1. The molecule has 0 radical (unpaired) electrons. The Morgan fingerprint density at radius 2 is 2.41 bits per heavy atom. The fourth-order valence-electron chi connectivity index (χ4n) is 1.62. The topological polar surface area (TPSA) is 59.1 Å². The van der Waals surface area contributed by atoms with Gasteiger partial charge in [-0.2, -0.15) is 11.8 Å². The number of aromatic nitrogens is 1. The number of halogens is 1. The predicted molar refractivity (Wildman–Crippen MR) is 69.9 cm³/mol. The molecular formula is C10H13ClN2O2S2. The van der Waals surface area contributed by atoms with Gasteiger partial charge in [-0.1, -0.05) is 11.6 Å². The van der Waals surface area contributed by atoms with Crippen LogP contribution in [0.15, 0.2) is 23.2 Å². The maximum absolute atomic E-state index is 12.0. The molecular weight excluding hydrogens is 280 g/mol. The number of nitrogens with zero attached hydrogens (tertiary/aromatic N) is 1. The Labute approximate surface area is 110 Å². The summed E-state index contributed by atoms with van der Waals surface area (Å²) in [5.41, 5.74) is 0. The van der Waals surface area contributed by atoms with E-state index >= 15 is 0 Å². The minimum Gasteiger partial charge on any atom is -0.243 e. The molecule has 4 nitrogen and oxygen atoms in total. The molecule has 1 aliphatic heterocycles. The van der Waals surface area contributed by atoms with Crippen molar-refractivity contribution in [3.05, 3.63) is 23.5 Å². The first-order chi connectivity index (χ1) is 8.09. The van der Waals surface area contributed by atoms with Gasteiger partial charge in [-0.15, -0.1) is 0 Å². The monoisotopic (exact) mass is 292 g/mol. The van der Waals surface area contributed by atoms with Crippen LogP contribution in [0.4, 0.5) is 0 Å². The van der Waals surface area contributed by atoms with Crippen molar-refractivity contribution in [3.63, 3.8) is 0 Å². The van der Waals surface area contributed by atoms with Crippen LogP contribution in [0.5, 0.6) is 0 Å². The first kappa shape index (κ1) is 13.1. The molecule has 0 spiro atoms. The SMILES string of the molecule is O=S(=O)(NCC1CCSC1)c1cccnc1Cl. The lowest BCUT2D eigenvalue weighted by Crippen LogP contribution is -2.29. The van der Waals surface area contributed by atoms with Gasteiger partial charge in [0.2, 0.25) is 10.0 Å². The number of hydrogen-bond donors (Lipinski definition) is 1. The lowest BCUT2D eigenvalue weighted by Gasteiger charge is -2.11. The van der Waals surface area contributed by atoms with E-state index in [1.54, 1.807) is 6.07 Å². The van der Waals surface area contributed by atoms with Crippen molar-refractivity contribution in [2.24, 2.45) is 5.92 Å². The Balaban J connectivity index is 2.06. The van der Waals surface area contributed by atoms with Gasteiger partial charge in [0.15, 0.2) is 0 Å². The van der Waals surface area contributed by atoms with Gasteiger partial charge in [0.25, 0.3) is 0 Å². The number of pyridine rings is 1. The van der Waals surface area contributed by atoms with E-state index in [9.17, 15) is 8.42 Å². The van der Waals surface area contributed by atoms with E-state index < -0.39 is 10.0 Å². The predicted octanol–water partition coefficient (Wildman–Crippen LogP) is 1.77. The highest BCUT2D eigenvalue weighted by Crippen LogP contribution is 2.23. The summed E-state index contributed by atoms with van der Waals surface area (Å²) in [6.45, 7) is 0.473. The van der Waals surface area contributed by atoms with Crippen molar-refractivity contribution in [2.75, 3.05) is 18.1 Å². The van der Waals surface area contributed by atoms with Crippen molar-refractivity contribution in [1.29, 1.82) is 0 Å². The van der Waals surface area contributed by atoms with Gasteiger partial charge in [0, 0.05) is 12.7 Å². The Morgan fingerprint density at radius 1 is 1.59 bits per heavy atom. The molecule has 1 aliphatic rings. The molecule has 1 atom stereocenters. The summed E-state index contributed by atoms with van der Waals surface area (Å²) in [4.78, 5) is 3.82. The molecule has 1 saturated heterocycles. The molecule has 0 aromatic carbocycles. The van der Waals surface area contributed by atoms with Crippen LogP contribution in [0.1, 0.15) is 6.42 Å². The third-order valence-electron chi connectivity index (χ3n) is 2.60. The average Bonchev–Trinajstić information content (AvgIpc) is 2.80. The van der Waals surface area contributed by atoms with E-state index in [1.807, 2.05) is 11.8 Å². The van der Waals surface area contributed by atoms with Gasteiger partial charge in [-0.3, -0.25) is 0 Å². The van der Waals surface area contributed by atoms with E-state index in [2.05, 4.69) is 9.71 Å². The summed E-state index contributed by atoms with van der Waals surface area (Å²) in [7, 11) is -3.53. The van der Waals surface area contributed by atoms with E-state index in [-0.39, 0.29) is 10.0 Å². The largest absolute Gasteiger partial charge is 0.243 e. The van der Waals surface area contributed by atoms with Crippen LogP contribution in [0.3, 0.4) is 0 Å². The van der Waals surface area contributed by atoms with Crippen LogP contribution in [0.25, 0.3) is 0 Å². The molecule has 7 heteroatoms. The Morgan fingerprint density at radius 3 is 3.06 bits per heavy atom. The van der Waals surface area contributed by atoms with Crippen molar-refractivity contribution in [2.45, 2.75) is 11.3 Å².